The summed E-state index contributed by atoms with van der Waals surface area (Å²) in [6, 6.07) is 0.0326. The van der Waals surface area contributed by atoms with Crippen LogP contribution in [0.15, 0.2) is 0 Å². The highest BCUT2D eigenvalue weighted by molar-refractivity contribution is 5.80. The van der Waals surface area contributed by atoms with Crippen molar-refractivity contribution in [2.75, 3.05) is 19.8 Å². The van der Waals surface area contributed by atoms with E-state index >= 15 is 0 Å². The first-order valence-corrected chi connectivity index (χ1v) is 4.45. The Balaban J connectivity index is 2.23. The van der Waals surface area contributed by atoms with Gasteiger partial charge >= 0.3 is 0 Å². The van der Waals surface area contributed by atoms with Gasteiger partial charge in [0.05, 0.1) is 6.61 Å². The van der Waals surface area contributed by atoms with Gasteiger partial charge in [-0.05, 0) is 12.8 Å². The third-order valence-corrected chi connectivity index (χ3v) is 2.00. The summed E-state index contributed by atoms with van der Waals surface area (Å²) in [5.41, 5.74) is 5.58. The van der Waals surface area contributed by atoms with Gasteiger partial charge < -0.3 is 15.8 Å². The zero-order valence-corrected chi connectivity index (χ0v) is 7.46. The SMILES string of the molecule is N[C@@H]1CC[C@@H](C(=O)NCCF)OC1. The largest absolute Gasteiger partial charge is 0.367 e. The first kappa shape index (κ1) is 10.4. The Labute approximate surface area is 76.6 Å². The zero-order chi connectivity index (χ0) is 9.68. The molecule has 1 rings (SSSR count). The molecule has 0 aliphatic carbocycles. The predicted octanol–water partition coefficient (Wildman–Crippen LogP) is -0.422. The number of nitrogens with one attached hydrogen (secondary N) is 1. The van der Waals surface area contributed by atoms with Gasteiger partial charge in [-0.1, -0.05) is 0 Å². The number of ether oxygens (including phenoxy) is 1. The van der Waals surface area contributed by atoms with Gasteiger partial charge in [0, 0.05) is 12.6 Å². The van der Waals surface area contributed by atoms with E-state index in [-0.39, 0.29) is 18.5 Å². The third-order valence-electron chi connectivity index (χ3n) is 2.00. The van der Waals surface area contributed by atoms with Crippen molar-refractivity contribution in [2.24, 2.45) is 5.73 Å². The van der Waals surface area contributed by atoms with Gasteiger partial charge in [-0.15, -0.1) is 0 Å². The summed E-state index contributed by atoms with van der Waals surface area (Å²) >= 11 is 0. The van der Waals surface area contributed by atoms with Crippen LogP contribution < -0.4 is 11.1 Å². The van der Waals surface area contributed by atoms with Crippen LogP contribution in [0.25, 0.3) is 0 Å². The molecule has 4 nitrogen and oxygen atoms in total. The molecule has 0 radical (unpaired) electrons. The Kier molecular flexibility index (Phi) is 4.11. The lowest BCUT2D eigenvalue weighted by atomic mass is 10.1. The predicted molar refractivity (Wildman–Crippen MR) is 45.9 cm³/mol. The summed E-state index contributed by atoms with van der Waals surface area (Å²) in [5, 5.41) is 2.44. The van der Waals surface area contributed by atoms with Crippen molar-refractivity contribution in [2.45, 2.75) is 25.0 Å². The Bertz CT molecular complexity index is 170. The number of hydrogen-bond donors (Lipinski definition) is 2. The molecule has 5 heteroatoms. The molecule has 0 spiro atoms. The lowest BCUT2D eigenvalue weighted by molar-refractivity contribution is -0.136. The van der Waals surface area contributed by atoms with E-state index in [1.165, 1.54) is 0 Å². The van der Waals surface area contributed by atoms with Gasteiger partial charge in [0.1, 0.15) is 12.8 Å². The second-order valence-electron chi connectivity index (χ2n) is 3.14. The van der Waals surface area contributed by atoms with Crippen LogP contribution >= 0.6 is 0 Å². The third kappa shape index (κ3) is 3.28. The first-order chi connectivity index (χ1) is 6.24. The lowest BCUT2D eigenvalue weighted by Crippen LogP contribution is -2.44. The van der Waals surface area contributed by atoms with Gasteiger partial charge in [0.2, 0.25) is 5.91 Å². The number of nitrogens with two attached hydrogens (primary N) is 1. The molecule has 1 aliphatic heterocycles. The Morgan fingerprint density at radius 2 is 2.38 bits per heavy atom. The Hall–Kier alpha value is -0.680. The van der Waals surface area contributed by atoms with Crippen LogP contribution in [-0.4, -0.2) is 37.9 Å². The molecule has 3 N–H and O–H groups in total. The van der Waals surface area contributed by atoms with Crippen molar-refractivity contribution in [3.8, 4) is 0 Å². The van der Waals surface area contributed by atoms with Crippen molar-refractivity contribution >= 4 is 5.91 Å². The van der Waals surface area contributed by atoms with E-state index in [4.69, 9.17) is 10.5 Å². The van der Waals surface area contributed by atoms with Crippen LogP contribution in [0.3, 0.4) is 0 Å². The number of halogens is 1. The minimum Gasteiger partial charge on any atom is -0.367 e. The Morgan fingerprint density at radius 3 is 2.92 bits per heavy atom. The van der Waals surface area contributed by atoms with E-state index in [0.717, 1.165) is 6.42 Å². The highest BCUT2D eigenvalue weighted by Crippen LogP contribution is 2.11. The highest BCUT2D eigenvalue weighted by atomic mass is 19.1. The van der Waals surface area contributed by atoms with Gasteiger partial charge in [0.25, 0.3) is 0 Å². The van der Waals surface area contributed by atoms with Gasteiger partial charge in [-0.3, -0.25) is 4.79 Å². The van der Waals surface area contributed by atoms with Gasteiger partial charge in [-0.25, -0.2) is 4.39 Å². The summed E-state index contributed by atoms with van der Waals surface area (Å²) in [4.78, 5) is 11.2. The molecule has 0 bridgehead atoms. The number of carbonyl (C=O) groups excluding carboxylic acids is 1. The van der Waals surface area contributed by atoms with E-state index in [2.05, 4.69) is 5.32 Å². The summed E-state index contributed by atoms with van der Waals surface area (Å²) in [6.45, 7) is -0.0730. The number of hydrogen-bond acceptors (Lipinski definition) is 3. The fraction of sp³-hybridized carbons (Fsp3) is 0.875. The number of rotatable bonds is 3. The second-order valence-corrected chi connectivity index (χ2v) is 3.14. The van der Waals surface area contributed by atoms with Crippen LogP contribution in [0, 0.1) is 0 Å². The maximum Gasteiger partial charge on any atom is 0.249 e. The molecular formula is C8H15FN2O2. The van der Waals surface area contributed by atoms with Crippen LogP contribution in [-0.2, 0) is 9.53 Å². The maximum absolute atomic E-state index is 11.7. The molecule has 13 heavy (non-hydrogen) atoms. The van der Waals surface area contributed by atoms with Crippen LogP contribution in [0.4, 0.5) is 4.39 Å². The molecule has 1 heterocycles. The summed E-state index contributed by atoms with van der Waals surface area (Å²) in [5.74, 6) is -0.232. The van der Waals surface area contributed by atoms with Crippen LogP contribution in [0.1, 0.15) is 12.8 Å². The second kappa shape index (κ2) is 5.14. The van der Waals surface area contributed by atoms with Crippen molar-refractivity contribution in [1.82, 2.24) is 5.32 Å². The van der Waals surface area contributed by atoms with E-state index in [1.807, 2.05) is 0 Å². The molecule has 0 aromatic rings. The van der Waals surface area contributed by atoms with Gasteiger partial charge in [-0.2, -0.15) is 0 Å². The lowest BCUT2D eigenvalue weighted by Gasteiger charge is -2.25. The van der Waals surface area contributed by atoms with Crippen molar-refractivity contribution < 1.29 is 13.9 Å². The normalized spacial score (nSPS) is 28.5. The molecule has 1 aliphatic rings. The fourth-order valence-electron chi connectivity index (χ4n) is 1.26. The van der Waals surface area contributed by atoms with Crippen molar-refractivity contribution in [1.29, 1.82) is 0 Å². The molecule has 1 saturated heterocycles. The summed E-state index contributed by atoms with van der Waals surface area (Å²) in [6.07, 6.45) is 0.971. The molecule has 1 amide bonds. The van der Waals surface area contributed by atoms with Crippen molar-refractivity contribution in [3.05, 3.63) is 0 Å². The minimum absolute atomic E-state index is 0.0326. The standard InChI is InChI=1S/C8H15FN2O2/c9-3-4-11-8(12)7-2-1-6(10)5-13-7/h6-7H,1-5,10H2,(H,11,12)/t6-,7+/m1/s1. The number of alkyl halides is 1. The molecule has 0 aromatic carbocycles. The van der Waals surface area contributed by atoms with Gasteiger partial charge in [0.15, 0.2) is 0 Å². The molecular weight excluding hydrogens is 175 g/mol. The average molecular weight is 190 g/mol. The van der Waals surface area contributed by atoms with Crippen LogP contribution in [0.2, 0.25) is 0 Å². The summed E-state index contributed by atoms with van der Waals surface area (Å²) < 4.78 is 16.9. The van der Waals surface area contributed by atoms with E-state index in [1.54, 1.807) is 0 Å². The molecule has 1 fully saturated rings. The number of carbonyl (C=O) groups is 1. The highest BCUT2D eigenvalue weighted by Gasteiger charge is 2.24. The summed E-state index contributed by atoms with van der Waals surface area (Å²) in [7, 11) is 0. The first-order valence-electron chi connectivity index (χ1n) is 4.45. The quantitative estimate of drug-likeness (QED) is 0.635. The molecule has 0 aromatic heterocycles. The smallest absolute Gasteiger partial charge is 0.249 e. The van der Waals surface area contributed by atoms with E-state index in [9.17, 15) is 9.18 Å². The molecule has 0 saturated carbocycles. The monoisotopic (exact) mass is 190 g/mol. The molecule has 2 atom stereocenters. The van der Waals surface area contributed by atoms with E-state index < -0.39 is 12.8 Å². The van der Waals surface area contributed by atoms with E-state index in [0.29, 0.717) is 13.0 Å². The maximum atomic E-state index is 11.7. The zero-order valence-electron chi connectivity index (χ0n) is 7.46. The molecule has 76 valence electrons. The number of amides is 1. The topological polar surface area (TPSA) is 64.4 Å². The average Bonchev–Trinajstić information content (AvgIpc) is 2.15. The Morgan fingerprint density at radius 1 is 1.62 bits per heavy atom. The van der Waals surface area contributed by atoms with Crippen molar-refractivity contribution in [3.63, 3.8) is 0 Å². The fourth-order valence-corrected chi connectivity index (χ4v) is 1.26. The minimum atomic E-state index is -0.544. The molecule has 0 unspecified atom stereocenters. The van der Waals surface area contributed by atoms with Crippen LogP contribution in [0.5, 0.6) is 0 Å².